The fourth-order valence-electron chi connectivity index (χ4n) is 2.92. The van der Waals surface area contributed by atoms with E-state index in [-0.39, 0.29) is 16.5 Å². The number of carbonyl (C=O) groups excluding carboxylic acids is 1. The molecule has 0 unspecified atom stereocenters. The number of aromatic nitrogens is 3. The van der Waals surface area contributed by atoms with Gasteiger partial charge in [0.05, 0.1) is 23.4 Å². The van der Waals surface area contributed by atoms with Gasteiger partial charge in [-0.3, -0.25) is 9.36 Å². The quantitative estimate of drug-likeness (QED) is 0.571. The van der Waals surface area contributed by atoms with E-state index in [1.807, 2.05) is 6.92 Å². The summed E-state index contributed by atoms with van der Waals surface area (Å²) in [5.41, 5.74) is 0.186. The van der Waals surface area contributed by atoms with Gasteiger partial charge >= 0.3 is 5.69 Å². The largest absolute Gasteiger partial charge is 0.379 e. The maximum atomic E-state index is 12.7. The molecule has 1 saturated heterocycles. The number of H-pyrrole nitrogens is 1. The highest BCUT2D eigenvalue weighted by atomic mass is 32.2. The van der Waals surface area contributed by atoms with E-state index in [2.05, 4.69) is 15.5 Å². The molecule has 1 aromatic carbocycles. The van der Waals surface area contributed by atoms with Crippen molar-refractivity contribution in [3.05, 3.63) is 34.7 Å². The summed E-state index contributed by atoms with van der Waals surface area (Å²) in [6.45, 7) is 5.60. The molecular weight excluding hydrogens is 430 g/mol. The smallest absolute Gasteiger partial charge is 0.343 e. The molecule has 1 aliphatic heterocycles. The van der Waals surface area contributed by atoms with E-state index in [0.717, 1.165) is 6.42 Å². The first kappa shape index (κ1) is 22.5. The third-order valence-corrected chi connectivity index (χ3v) is 7.55. The number of thioether (sulfide) groups is 1. The second-order valence-corrected chi connectivity index (χ2v) is 10.00. The van der Waals surface area contributed by atoms with E-state index in [9.17, 15) is 18.0 Å². The molecule has 3 rings (SSSR count). The van der Waals surface area contributed by atoms with E-state index in [1.165, 1.54) is 32.8 Å². The Morgan fingerprint density at radius 3 is 2.60 bits per heavy atom. The Morgan fingerprint density at radius 1 is 1.30 bits per heavy atom. The predicted octanol–water partition coefficient (Wildman–Crippen LogP) is 1.12. The van der Waals surface area contributed by atoms with Gasteiger partial charge in [0.15, 0.2) is 5.16 Å². The van der Waals surface area contributed by atoms with Crippen molar-refractivity contribution < 1.29 is 17.9 Å². The molecule has 1 aliphatic rings. The van der Waals surface area contributed by atoms with Gasteiger partial charge in [-0.2, -0.15) is 4.31 Å². The third-order valence-electron chi connectivity index (χ3n) is 4.55. The number of hydrogen-bond donors (Lipinski definition) is 2. The second kappa shape index (κ2) is 9.77. The number of hydrogen-bond acceptors (Lipinski definition) is 7. The lowest BCUT2D eigenvalue weighted by Gasteiger charge is -2.26. The molecule has 1 fully saturated rings. The van der Waals surface area contributed by atoms with Crippen molar-refractivity contribution >= 4 is 33.4 Å². The molecule has 30 heavy (non-hydrogen) atoms. The van der Waals surface area contributed by atoms with Crippen molar-refractivity contribution in [2.45, 2.75) is 42.1 Å². The molecule has 10 nitrogen and oxygen atoms in total. The average Bonchev–Trinajstić information content (AvgIpc) is 3.08. The van der Waals surface area contributed by atoms with Crippen LogP contribution < -0.4 is 11.0 Å². The monoisotopic (exact) mass is 455 g/mol. The zero-order valence-electron chi connectivity index (χ0n) is 16.8. The number of morpholine rings is 1. The van der Waals surface area contributed by atoms with Crippen LogP contribution in [0.3, 0.4) is 0 Å². The van der Waals surface area contributed by atoms with Crippen LogP contribution in [0.5, 0.6) is 0 Å². The first-order valence-electron chi connectivity index (χ1n) is 9.63. The van der Waals surface area contributed by atoms with Crippen LogP contribution >= 0.6 is 11.8 Å². The van der Waals surface area contributed by atoms with Gasteiger partial charge < -0.3 is 10.1 Å². The summed E-state index contributed by atoms with van der Waals surface area (Å²) in [5.74, 6) is -0.276. The molecule has 0 bridgehead atoms. The Labute approximate surface area is 179 Å². The molecule has 2 N–H and O–H groups in total. The van der Waals surface area contributed by atoms with Crippen LogP contribution in [0.1, 0.15) is 20.3 Å². The number of sulfonamides is 1. The van der Waals surface area contributed by atoms with Crippen molar-refractivity contribution in [3.8, 4) is 0 Å². The Bertz CT molecular complexity index is 1030. The van der Waals surface area contributed by atoms with Crippen LogP contribution in [-0.4, -0.2) is 64.9 Å². The molecule has 0 saturated carbocycles. The number of carbonyl (C=O) groups is 1. The molecule has 0 aliphatic carbocycles. The van der Waals surface area contributed by atoms with Crippen molar-refractivity contribution in [3.63, 3.8) is 0 Å². The molecule has 2 heterocycles. The highest BCUT2D eigenvalue weighted by Crippen LogP contribution is 2.23. The molecule has 0 radical (unpaired) electrons. The van der Waals surface area contributed by atoms with E-state index in [0.29, 0.717) is 43.7 Å². The lowest BCUT2D eigenvalue weighted by Crippen LogP contribution is -2.40. The molecule has 2 aromatic rings. The number of aromatic amines is 1. The Balaban J connectivity index is 1.63. The van der Waals surface area contributed by atoms with Crippen LogP contribution in [0.25, 0.3) is 0 Å². The lowest BCUT2D eigenvalue weighted by atomic mass is 10.3. The normalized spacial score (nSPS) is 16.3. The maximum absolute atomic E-state index is 12.7. The fraction of sp³-hybridized carbons (Fsp3) is 0.500. The molecular formula is C18H25N5O5S2. The van der Waals surface area contributed by atoms with Crippen LogP contribution in [0, 0.1) is 0 Å². The number of anilines is 1. The minimum Gasteiger partial charge on any atom is -0.379 e. The van der Waals surface area contributed by atoms with Crippen molar-refractivity contribution in [2.24, 2.45) is 0 Å². The number of nitrogens with zero attached hydrogens (tertiary/aromatic N) is 3. The number of ether oxygens (including phenoxy) is 1. The Morgan fingerprint density at radius 2 is 1.97 bits per heavy atom. The maximum Gasteiger partial charge on any atom is 0.343 e. The van der Waals surface area contributed by atoms with E-state index < -0.39 is 15.3 Å². The second-order valence-electron chi connectivity index (χ2n) is 6.75. The number of amides is 1. The minimum atomic E-state index is -3.58. The standard InChI is InChI=1S/C18H25N5O5S2/c1-3-8-23-17(25)20-21-18(23)29-13(2)16(24)19-14-4-6-15(7-5-14)30(26,27)22-9-11-28-12-10-22/h4-7,13H,3,8-12H2,1-2H3,(H,19,24)(H,20,25)/t13-/m1/s1. The van der Waals surface area contributed by atoms with E-state index in [1.54, 1.807) is 19.1 Å². The minimum absolute atomic E-state index is 0.171. The summed E-state index contributed by atoms with van der Waals surface area (Å²) < 4.78 is 33.4. The first-order valence-corrected chi connectivity index (χ1v) is 12.0. The molecule has 164 valence electrons. The number of nitrogens with one attached hydrogen (secondary N) is 2. The van der Waals surface area contributed by atoms with Crippen molar-refractivity contribution in [1.82, 2.24) is 19.1 Å². The molecule has 1 aromatic heterocycles. The summed E-state index contributed by atoms with van der Waals surface area (Å²) in [6.07, 6.45) is 0.771. The zero-order valence-corrected chi connectivity index (χ0v) is 18.5. The van der Waals surface area contributed by atoms with Gasteiger partial charge in [-0.25, -0.2) is 18.3 Å². The first-order chi connectivity index (χ1) is 14.3. The van der Waals surface area contributed by atoms with Gasteiger partial charge in [0.2, 0.25) is 15.9 Å². The van der Waals surface area contributed by atoms with E-state index >= 15 is 0 Å². The van der Waals surface area contributed by atoms with E-state index in [4.69, 9.17) is 4.74 Å². The topological polar surface area (TPSA) is 126 Å². The molecule has 1 atom stereocenters. The summed E-state index contributed by atoms with van der Waals surface area (Å²) in [5, 5.41) is 9.09. The molecule has 0 spiro atoms. The van der Waals surface area contributed by atoms with Crippen LogP contribution in [0.4, 0.5) is 5.69 Å². The predicted molar refractivity (Wildman–Crippen MR) is 113 cm³/mol. The van der Waals surface area contributed by atoms with Gasteiger partial charge in [-0.15, -0.1) is 5.10 Å². The number of rotatable bonds is 8. The number of benzene rings is 1. The average molecular weight is 456 g/mol. The summed E-state index contributed by atoms with van der Waals surface area (Å²) in [4.78, 5) is 24.5. The SMILES string of the molecule is CCCn1c(S[C@H](C)C(=O)Nc2ccc(S(=O)(=O)N3CCOCC3)cc2)n[nH]c1=O. The Hall–Kier alpha value is -2.15. The Kier molecular flexibility index (Phi) is 7.34. The van der Waals surface area contributed by atoms with Crippen LogP contribution in [0.15, 0.2) is 39.1 Å². The third kappa shape index (κ3) is 5.12. The van der Waals surface area contributed by atoms with Gasteiger partial charge in [-0.05, 0) is 37.6 Å². The fourth-order valence-corrected chi connectivity index (χ4v) is 5.21. The van der Waals surface area contributed by atoms with Crippen LogP contribution in [-0.2, 0) is 26.1 Å². The lowest BCUT2D eigenvalue weighted by molar-refractivity contribution is -0.115. The zero-order chi connectivity index (χ0) is 21.7. The van der Waals surface area contributed by atoms with Gasteiger partial charge in [0, 0.05) is 25.3 Å². The molecule has 1 amide bonds. The van der Waals surface area contributed by atoms with Crippen LogP contribution in [0.2, 0.25) is 0 Å². The van der Waals surface area contributed by atoms with Gasteiger partial charge in [0.1, 0.15) is 0 Å². The summed E-state index contributed by atoms with van der Waals surface area (Å²) >= 11 is 1.18. The van der Waals surface area contributed by atoms with Gasteiger partial charge in [-0.1, -0.05) is 18.7 Å². The summed E-state index contributed by atoms with van der Waals surface area (Å²) in [6, 6.07) is 6.07. The van der Waals surface area contributed by atoms with Crippen molar-refractivity contribution in [2.75, 3.05) is 31.6 Å². The highest BCUT2D eigenvalue weighted by molar-refractivity contribution is 8.00. The van der Waals surface area contributed by atoms with Crippen molar-refractivity contribution in [1.29, 1.82) is 0 Å². The summed E-state index contributed by atoms with van der Waals surface area (Å²) in [7, 11) is -3.58. The molecule has 12 heteroatoms. The van der Waals surface area contributed by atoms with Gasteiger partial charge in [0.25, 0.3) is 0 Å². The highest BCUT2D eigenvalue weighted by Gasteiger charge is 2.26.